The van der Waals surface area contributed by atoms with Crippen LogP contribution in [-0.4, -0.2) is 31.5 Å². The van der Waals surface area contributed by atoms with Gasteiger partial charge in [0.1, 0.15) is 5.75 Å². The number of methoxy groups -OCH3 is 1. The number of nitriles is 1. The number of fused-ring (bicyclic) bond motifs is 1. The third kappa shape index (κ3) is 3.81. The molecule has 0 aliphatic rings. The third-order valence-electron chi connectivity index (χ3n) is 4.09. The van der Waals surface area contributed by atoms with E-state index in [9.17, 15) is 4.79 Å². The highest BCUT2D eigenvalue weighted by molar-refractivity contribution is 5.88. The number of hydrogen-bond donors (Lipinski definition) is 0. The molecule has 2 aromatic carbocycles. The summed E-state index contributed by atoms with van der Waals surface area (Å²) >= 11 is 0. The smallest absolute Gasteiger partial charge is 0.229 e. The molecule has 0 spiro atoms. The summed E-state index contributed by atoms with van der Waals surface area (Å²) in [5, 5.41) is 11.0. The van der Waals surface area contributed by atoms with Crippen LogP contribution in [0.15, 0.2) is 36.4 Å². The van der Waals surface area contributed by atoms with Gasteiger partial charge in [-0.15, -0.1) is 0 Å². The van der Waals surface area contributed by atoms with Gasteiger partial charge in [-0.3, -0.25) is 4.79 Å². The van der Waals surface area contributed by atoms with Gasteiger partial charge in [-0.1, -0.05) is 24.3 Å². The summed E-state index contributed by atoms with van der Waals surface area (Å²) in [6, 6.07) is 14.1. The molecule has 2 aromatic rings. The van der Waals surface area contributed by atoms with E-state index in [-0.39, 0.29) is 17.7 Å². The van der Waals surface area contributed by atoms with Crippen molar-refractivity contribution in [3.8, 4) is 11.8 Å². The number of hydrogen-bond acceptors (Lipinski definition) is 3. The summed E-state index contributed by atoms with van der Waals surface area (Å²) in [6.45, 7) is 4.17. The Morgan fingerprint density at radius 3 is 2.52 bits per heavy atom. The first kappa shape index (κ1) is 16.8. The molecule has 0 saturated heterocycles. The second kappa shape index (κ2) is 7.15. The Morgan fingerprint density at radius 1 is 1.22 bits per heavy atom. The van der Waals surface area contributed by atoms with Crippen molar-refractivity contribution in [2.75, 3.05) is 20.7 Å². The minimum Gasteiger partial charge on any atom is -0.497 e. The van der Waals surface area contributed by atoms with Crippen LogP contribution in [0.3, 0.4) is 0 Å². The van der Waals surface area contributed by atoms with E-state index in [1.807, 2.05) is 50.2 Å². The molecule has 23 heavy (non-hydrogen) atoms. The number of amides is 1. The first-order chi connectivity index (χ1) is 11.0. The molecule has 0 fully saturated rings. The average Bonchev–Trinajstić information content (AvgIpc) is 2.59. The molecule has 0 aliphatic carbocycles. The molecule has 2 atom stereocenters. The molecule has 0 N–H and O–H groups in total. The lowest BCUT2D eigenvalue weighted by Gasteiger charge is -2.22. The zero-order valence-electron chi connectivity index (χ0n) is 14.0. The fourth-order valence-corrected chi connectivity index (χ4v) is 2.65. The molecule has 0 bridgehead atoms. The van der Waals surface area contributed by atoms with Crippen molar-refractivity contribution in [3.05, 3.63) is 42.0 Å². The van der Waals surface area contributed by atoms with Gasteiger partial charge in [-0.2, -0.15) is 5.26 Å². The van der Waals surface area contributed by atoms with Crippen LogP contribution >= 0.6 is 0 Å². The number of nitrogens with zero attached hydrogens (tertiary/aromatic N) is 2. The van der Waals surface area contributed by atoms with Crippen LogP contribution in [0.5, 0.6) is 5.75 Å². The molecule has 4 heteroatoms. The number of carbonyl (C=O) groups excluding carboxylic acids is 1. The Labute approximate surface area is 137 Å². The number of rotatable bonds is 5. The minimum atomic E-state index is -0.239. The average molecular weight is 310 g/mol. The maximum Gasteiger partial charge on any atom is 0.229 e. The number of likely N-dealkylation sites (N-methyl/N-ethyl adjacent to an activating group) is 1. The highest BCUT2D eigenvalue weighted by atomic mass is 16.5. The summed E-state index contributed by atoms with van der Waals surface area (Å²) in [7, 11) is 3.40. The molecule has 0 unspecified atom stereocenters. The van der Waals surface area contributed by atoms with Gasteiger partial charge < -0.3 is 9.64 Å². The van der Waals surface area contributed by atoms with Crippen molar-refractivity contribution >= 4 is 16.7 Å². The first-order valence-electron chi connectivity index (χ1n) is 7.68. The van der Waals surface area contributed by atoms with Crippen LogP contribution in [0.1, 0.15) is 25.3 Å². The second-order valence-electron chi connectivity index (χ2n) is 5.94. The lowest BCUT2D eigenvalue weighted by Crippen LogP contribution is -2.33. The molecule has 0 radical (unpaired) electrons. The normalized spacial score (nSPS) is 13.2. The summed E-state index contributed by atoms with van der Waals surface area (Å²) in [5.74, 6) is 0.442. The second-order valence-corrected chi connectivity index (χ2v) is 5.94. The van der Waals surface area contributed by atoms with E-state index < -0.39 is 0 Å². The van der Waals surface area contributed by atoms with E-state index in [1.165, 1.54) is 0 Å². The predicted octanol–water partition coefficient (Wildman–Crippen LogP) is 3.57. The number of ether oxygens (including phenoxy) is 1. The Balaban J connectivity index is 2.22. The van der Waals surface area contributed by atoms with Gasteiger partial charge in [-0.25, -0.2) is 0 Å². The van der Waals surface area contributed by atoms with E-state index >= 15 is 0 Å². The minimum absolute atomic E-state index is 0.0277. The fraction of sp³-hybridized carbons (Fsp3) is 0.368. The molecule has 0 aromatic heterocycles. The molecule has 1 amide bonds. The summed E-state index contributed by atoms with van der Waals surface area (Å²) in [5.41, 5.74) is 0.976. The van der Waals surface area contributed by atoms with Gasteiger partial charge in [0, 0.05) is 13.6 Å². The van der Waals surface area contributed by atoms with Gasteiger partial charge in [0.15, 0.2) is 0 Å². The maximum atomic E-state index is 12.5. The van der Waals surface area contributed by atoms with E-state index in [1.54, 1.807) is 19.1 Å². The van der Waals surface area contributed by atoms with Gasteiger partial charge in [0.05, 0.1) is 25.0 Å². The van der Waals surface area contributed by atoms with Gasteiger partial charge in [0.2, 0.25) is 5.91 Å². The largest absolute Gasteiger partial charge is 0.497 e. The summed E-state index contributed by atoms with van der Waals surface area (Å²) < 4.78 is 5.23. The van der Waals surface area contributed by atoms with Crippen molar-refractivity contribution in [1.82, 2.24) is 4.90 Å². The summed E-state index contributed by atoms with van der Waals surface area (Å²) in [6.07, 6.45) is 0. The van der Waals surface area contributed by atoms with Crippen LogP contribution in [0, 0.1) is 17.2 Å². The van der Waals surface area contributed by atoms with E-state index in [0.29, 0.717) is 6.54 Å². The van der Waals surface area contributed by atoms with Crippen LogP contribution in [0.2, 0.25) is 0 Å². The fourth-order valence-electron chi connectivity index (χ4n) is 2.65. The summed E-state index contributed by atoms with van der Waals surface area (Å²) in [4.78, 5) is 14.2. The van der Waals surface area contributed by atoms with Gasteiger partial charge in [-0.05, 0) is 42.3 Å². The van der Waals surface area contributed by atoms with Crippen molar-refractivity contribution < 1.29 is 9.53 Å². The highest BCUT2D eigenvalue weighted by Gasteiger charge is 2.20. The third-order valence-corrected chi connectivity index (χ3v) is 4.09. The van der Waals surface area contributed by atoms with Gasteiger partial charge in [0.25, 0.3) is 0 Å². The van der Waals surface area contributed by atoms with Gasteiger partial charge >= 0.3 is 0 Å². The molecule has 0 aliphatic heterocycles. The lowest BCUT2D eigenvalue weighted by molar-refractivity contribution is -0.131. The molecule has 120 valence electrons. The zero-order chi connectivity index (χ0) is 17.0. The first-order valence-corrected chi connectivity index (χ1v) is 7.68. The quantitative estimate of drug-likeness (QED) is 0.848. The van der Waals surface area contributed by atoms with Crippen LogP contribution in [0.25, 0.3) is 10.8 Å². The van der Waals surface area contributed by atoms with Crippen LogP contribution in [0.4, 0.5) is 0 Å². The molecule has 0 heterocycles. The standard InChI is InChI=1S/C19H22N2O2/c1-13(11-20)12-21(3)19(22)14(2)15-5-6-17-10-18(23-4)8-7-16(17)9-15/h5-10,13-14H,12H2,1-4H3/t13-,14-/m0/s1. The Bertz CT molecular complexity index is 749. The molecular weight excluding hydrogens is 288 g/mol. The van der Waals surface area contributed by atoms with Crippen LogP contribution < -0.4 is 4.74 Å². The SMILES string of the molecule is COc1ccc2cc([C@H](C)C(=O)N(C)C[C@@H](C)C#N)ccc2c1. The number of carbonyl (C=O) groups is 1. The highest BCUT2D eigenvalue weighted by Crippen LogP contribution is 2.26. The lowest BCUT2D eigenvalue weighted by atomic mass is 9.96. The Morgan fingerprint density at radius 2 is 1.87 bits per heavy atom. The van der Waals surface area contributed by atoms with E-state index in [0.717, 1.165) is 22.1 Å². The monoisotopic (exact) mass is 310 g/mol. The van der Waals surface area contributed by atoms with Crippen molar-refractivity contribution in [2.45, 2.75) is 19.8 Å². The zero-order valence-corrected chi connectivity index (χ0v) is 14.0. The van der Waals surface area contributed by atoms with Crippen molar-refractivity contribution in [2.24, 2.45) is 5.92 Å². The number of benzene rings is 2. The maximum absolute atomic E-state index is 12.5. The molecular formula is C19H22N2O2. The topological polar surface area (TPSA) is 53.3 Å². The Kier molecular flexibility index (Phi) is 5.23. The molecule has 4 nitrogen and oxygen atoms in total. The van der Waals surface area contributed by atoms with Crippen LogP contribution in [-0.2, 0) is 4.79 Å². The van der Waals surface area contributed by atoms with E-state index in [2.05, 4.69) is 6.07 Å². The predicted molar refractivity (Wildman–Crippen MR) is 91.3 cm³/mol. The van der Waals surface area contributed by atoms with Crippen molar-refractivity contribution in [3.63, 3.8) is 0 Å². The Hall–Kier alpha value is -2.54. The van der Waals surface area contributed by atoms with Crippen molar-refractivity contribution in [1.29, 1.82) is 5.26 Å². The molecule has 0 saturated carbocycles. The molecule has 2 rings (SSSR count). The van der Waals surface area contributed by atoms with E-state index in [4.69, 9.17) is 10.00 Å².